The summed E-state index contributed by atoms with van der Waals surface area (Å²) in [6.45, 7) is 0. The normalized spacial score (nSPS) is 12.9. The Hall–Kier alpha value is -0.100. The van der Waals surface area contributed by atoms with Crippen LogP contribution in [0.15, 0.2) is 30.3 Å². The monoisotopic (exact) mass is 188 g/mol. The highest BCUT2D eigenvalue weighted by molar-refractivity contribution is 7.79. The van der Waals surface area contributed by atoms with E-state index >= 15 is 0 Å². The van der Waals surface area contributed by atoms with Crippen LogP contribution >= 0.6 is 18.7 Å². The molecule has 0 aliphatic heterocycles. The van der Waals surface area contributed by atoms with Crippen LogP contribution in [0.5, 0.6) is 0 Å². The predicted molar refractivity (Wildman–Crippen MR) is 50.0 cm³/mol. The summed E-state index contributed by atoms with van der Waals surface area (Å²) in [6.07, 6.45) is 1.55. The van der Waals surface area contributed by atoms with E-state index < -0.39 is 7.50 Å². The molecule has 0 aliphatic carbocycles. The second-order valence-electron chi connectivity index (χ2n) is 2.30. The molecule has 0 fully saturated rings. The van der Waals surface area contributed by atoms with Crippen LogP contribution in [0.25, 0.3) is 0 Å². The van der Waals surface area contributed by atoms with E-state index in [-0.39, 0.29) is 0 Å². The number of aryl methyl sites for hydroxylation is 1. The molecule has 1 rings (SSSR count). The van der Waals surface area contributed by atoms with Crippen molar-refractivity contribution in [3.63, 3.8) is 0 Å². The van der Waals surface area contributed by atoms with E-state index in [0.717, 1.165) is 6.42 Å². The van der Waals surface area contributed by atoms with Crippen LogP contribution in [0.4, 0.5) is 0 Å². The SMILES string of the molecule is OP(Cl)CCc1ccccc1. The van der Waals surface area contributed by atoms with Gasteiger partial charge in [0, 0.05) is 6.16 Å². The zero-order valence-electron chi connectivity index (χ0n) is 6.07. The number of rotatable bonds is 3. The Labute approximate surface area is 72.6 Å². The van der Waals surface area contributed by atoms with Gasteiger partial charge in [0.05, 0.1) is 0 Å². The van der Waals surface area contributed by atoms with Gasteiger partial charge >= 0.3 is 0 Å². The number of benzene rings is 1. The van der Waals surface area contributed by atoms with Crippen LogP contribution in [0.3, 0.4) is 0 Å². The molecule has 0 spiro atoms. The Balaban J connectivity index is 2.39. The molecule has 0 amide bonds. The van der Waals surface area contributed by atoms with Crippen molar-refractivity contribution < 1.29 is 4.89 Å². The zero-order chi connectivity index (χ0) is 8.10. The van der Waals surface area contributed by atoms with E-state index in [4.69, 9.17) is 16.1 Å². The van der Waals surface area contributed by atoms with E-state index in [9.17, 15) is 0 Å². The molecule has 0 aliphatic rings. The summed E-state index contributed by atoms with van der Waals surface area (Å²) in [7, 11) is -1.25. The highest BCUT2D eigenvalue weighted by Crippen LogP contribution is 2.35. The zero-order valence-corrected chi connectivity index (χ0v) is 7.72. The molecule has 1 aromatic rings. The Kier molecular flexibility index (Phi) is 3.85. The van der Waals surface area contributed by atoms with Gasteiger partial charge in [0.2, 0.25) is 0 Å². The molecule has 0 saturated carbocycles. The maximum atomic E-state index is 8.84. The first kappa shape index (κ1) is 8.99. The van der Waals surface area contributed by atoms with Crippen LogP contribution < -0.4 is 0 Å². The van der Waals surface area contributed by atoms with Gasteiger partial charge in [0.15, 0.2) is 0 Å². The molecule has 1 unspecified atom stereocenters. The molecule has 0 saturated heterocycles. The van der Waals surface area contributed by atoms with Crippen molar-refractivity contribution in [3.05, 3.63) is 35.9 Å². The van der Waals surface area contributed by atoms with E-state index in [1.165, 1.54) is 5.56 Å². The summed E-state index contributed by atoms with van der Waals surface area (Å²) in [4.78, 5) is 8.84. The van der Waals surface area contributed by atoms with Crippen LogP contribution in [0, 0.1) is 0 Å². The molecule has 0 bridgehead atoms. The quantitative estimate of drug-likeness (QED) is 0.724. The minimum absolute atomic E-state index is 0.681. The van der Waals surface area contributed by atoms with Crippen molar-refractivity contribution in [1.82, 2.24) is 0 Å². The summed E-state index contributed by atoms with van der Waals surface area (Å²) in [5.41, 5.74) is 1.23. The molecular formula is C8H10ClOP. The number of hydrogen-bond donors (Lipinski definition) is 1. The van der Waals surface area contributed by atoms with Crippen molar-refractivity contribution in [2.45, 2.75) is 6.42 Å². The predicted octanol–water partition coefficient (Wildman–Crippen LogP) is 2.77. The molecule has 11 heavy (non-hydrogen) atoms. The molecule has 1 atom stereocenters. The minimum atomic E-state index is -1.25. The molecule has 0 aromatic heterocycles. The van der Waals surface area contributed by atoms with Crippen molar-refractivity contribution in [2.24, 2.45) is 0 Å². The van der Waals surface area contributed by atoms with E-state index in [1.807, 2.05) is 30.3 Å². The molecule has 1 N–H and O–H groups in total. The van der Waals surface area contributed by atoms with Crippen molar-refractivity contribution in [2.75, 3.05) is 6.16 Å². The van der Waals surface area contributed by atoms with Crippen LogP contribution in [0.1, 0.15) is 5.56 Å². The van der Waals surface area contributed by atoms with Crippen molar-refractivity contribution in [3.8, 4) is 0 Å². The van der Waals surface area contributed by atoms with Gasteiger partial charge in [-0.25, -0.2) is 0 Å². The van der Waals surface area contributed by atoms with Gasteiger partial charge in [-0.2, -0.15) is 0 Å². The summed E-state index contributed by atoms with van der Waals surface area (Å²) >= 11 is 5.45. The van der Waals surface area contributed by atoms with Gasteiger partial charge < -0.3 is 4.89 Å². The van der Waals surface area contributed by atoms with Gasteiger partial charge in [-0.05, 0) is 12.0 Å². The van der Waals surface area contributed by atoms with E-state index in [0.29, 0.717) is 6.16 Å². The topological polar surface area (TPSA) is 20.2 Å². The fraction of sp³-hybridized carbons (Fsp3) is 0.250. The third kappa shape index (κ3) is 3.71. The maximum Gasteiger partial charge on any atom is 0.121 e. The van der Waals surface area contributed by atoms with Crippen molar-refractivity contribution in [1.29, 1.82) is 0 Å². The van der Waals surface area contributed by atoms with Gasteiger partial charge in [-0.15, -0.1) is 0 Å². The summed E-state index contributed by atoms with van der Waals surface area (Å²) in [6, 6.07) is 10.0. The fourth-order valence-corrected chi connectivity index (χ4v) is 1.56. The lowest BCUT2D eigenvalue weighted by Crippen LogP contribution is -1.86. The van der Waals surface area contributed by atoms with Gasteiger partial charge in [-0.1, -0.05) is 41.6 Å². The average molecular weight is 189 g/mol. The number of hydrogen-bond acceptors (Lipinski definition) is 1. The standard InChI is InChI=1S/C8H10ClOP/c9-11(10)7-6-8-4-2-1-3-5-8/h1-5,10H,6-7H2. The molecule has 3 heteroatoms. The van der Waals surface area contributed by atoms with E-state index in [2.05, 4.69) is 0 Å². The molecule has 0 radical (unpaired) electrons. The van der Waals surface area contributed by atoms with Gasteiger partial charge in [0.25, 0.3) is 0 Å². The first-order valence-electron chi connectivity index (χ1n) is 3.45. The Morgan fingerprint density at radius 2 is 1.91 bits per heavy atom. The Bertz CT molecular complexity index is 201. The largest absolute Gasteiger partial charge is 0.359 e. The summed E-state index contributed by atoms with van der Waals surface area (Å²) in [5.74, 6) is 0. The highest BCUT2D eigenvalue weighted by atomic mass is 35.7. The van der Waals surface area contributed by atoms with Crippen LogP contribution in [-0.2, 0) is 6.42 Å². The lowest BCUT2D eigenvalue weighted by atomic mass is 10.2. The molecule has 1 aromatic carbocycles. The lowest BCUT2D eigenvalue weighted by molar-refractivity contribution is 0.638. The Morgan fingerprint density at radius 3 is 2.45 bits per heavy atom. The number of halogens is 1. The molecule has 60 valence electrons. The van der Waals surface area contributed by atoms with Crippen LogP contribution in [-0.4, -0.2) is 11.1 Å². The van der Waals surface area contributed by atoms with Crippen molar-refractivity contribution >= 4 is 18.7 Å². The summed E-state index contributed by atoms with van der Waals surface area (Å²) < 4.78 is 0. The van der Waals surface area contributed by atoms with Gasteiger partial charge in [0.1, 0.15) is 7.50 Å². The first-order chi connectivity index (χ1) is 5.29. The fourth-order valence-electron chi connectivity index (χ4n) is 0.866. The third-order valence-electron chi connectivity index (χ3n) is 1.43. The third-order valence-corrected chi connectivity index (χ3v) is 2.53. The second-order valence-corrected chi connectivity index (χ2v) is 4.59. The Morgan fingerprint density at radius 1 is 1.27 bits per heavy atom. The first-order valence-corrected chi connectivity index (χ1v) is 5.83. The molecule has 0 heterocycles. The molecule has 1 nitrogen and oxygen atoms in total. The minimum Gasteiger partial charge on any atom is -0.359 e. The second kappa shape index (κ2) is 4.71. The maximum absolute atomic E-state index is 8.84. The summed E-state index contributed by atoms with van der Waals surface area (Å²) in [5, 5.41) is 0. The average Bonchev–Trinajstić information content (AvgIpc) is 2.03. The highest BCUT2D eigenvalue weighted by Gasteiger charge is 1.98. The molecular weight excluding hydrogens is 179 g/mol. The van der Waals surface area contributed by atoms with E-state index in [1.54, 1.807) is 0 Å². The lowest BCUT2D eigenvalue weighted by Gasteiger charge is -2.00. The smallest absolute Gasteiger partial charge is 0.121 e. The van der Waals surface area contributed by atoms with Crippen LogP contribution in [0.2, 0.25) is 0 Å². The van der Waals surface area contributed by atoms with Gasteiger partial charge in [-0.3, -0.25) is 0 Å².